The lowest BCUT2D eigenvalue weighted by Crippen LogP contribution is -2.19. The van der Waals surface area contributed by atoms with Gasteiger partial charge in [0, 0.05) is 12.3 Å². The molecule has 1 aromatic carbocycles. The lowest BCUT2D eigenvalue weighted by Gasteiger charge is -2.16. The van der Waals surface area contributed by atoms with Gasteiger partial charge in [-0.3, -0.25) is 0 Å². The van der Waals surface area contributed by atoms with E-state index in [0.29, 0.717) is 0 Å². The van der Waals surface area contributed by atoms with Gasteiger partial charge in [0.1, 0.15) is 0 Å². The van der Waals surface area contributed by atoms with Crippen molar-refractivity contribution in [2.75, 3.05) is 0 Å². The van der Waals surface area contributed by atoms with Gasteiger partial charge >= 0.3 is 0 Å². The molecule has 1 unspecified atom stereocenters. The monoisotopic (exact) mass is 196 g/mol. The van der Waals surface area contributed by atoms with Crippen molar-refractivity contribution in [3.63, 3.8) is 0 Å². The third-order valence-electron chi connectivity index (χ3n) is 3.37. The molecule has 0 amide bonds. The zero-order valence-electron chi connectivity index (χ0n) is 8.70. The molecule has 0 saturated heterocycles. The Morgan fingerprint density at radius 3 is 2.57 bits per heavy atom. The minimum atomic E-state index is -2.55. The number of halogens is 2. The second-order valence-electron chi connectivity index (χ2n) is 4.24. The Balaban J connectivity index is 2.61. The number of aryl methyl sites for hydroxylation is 1. The van der Waals surface area contributed by atoms with E-state index in [2.05, 4.69) is 0 Å². The summed E-state index contributed by atoms with van der Waals surface area (Å²) in [6.07, 6.45) is -0.0926. The van der Waals surface area contributed by atoms with Gasteiger partial charge in [0.15, 0.2) is 0 Å². The largest absolute Gasteiger partial charge is 0.258 e. The van der Waals surface area contributed by atoms with Crippen LogP contribution in [0.15, 0.2) is 12.1 Å². The zero-order valence-corrected chi connectivity index (χ0v) is 8.70. The fourth-order valence-electron chi connectivity index (χ4n) is 2.27. The van der Waals surface area contributed by atoms with Crippen molar-refractivity contribution in [2.24, 2.45) is 0 Å². The first-order valence-corrected chi connectivity index (χ1v) is 4.90. The van der Waals surface area contributed by atoms with Crippen LogP contribution >= 0.6 is 0 Å². The summed E-state index contributed by atoms with van der Waals surface area (Å²) in [5, 5.41) is 0. The van der Waals surface area contributed by atoms with E-state index in [9.17, 15) is 8.78 Å². The molecule has 0 heterocycles. The molecule has 0 fully saturated rings. The molecular weight excluding hydrogens is 182 g/mol. The van der Waals surface area contributed by atoms with Crippen LogP contribution < -0.4 is 0 Å². The van der Waals surface area contributed by atoms with E-state index in [-0.39, 0.29) is 6.42 Å². The van der Waals surface area contributed by atoms with Crippen LogP contribution in [0.25, 0.3) is 0 Å². The summed E-state index contributed by atoms with van der Waals surface area (Å²) in [5.74, 6) is -3.18. The Hall–Kier alpha value is -0.920. The molecule has 2 rings (SSSR count). The highest BCUT2D eigenvalue weighted by atomic mass is 19.3. The maximum Gasteiger partial charge on any atom is 0.258 e. The Morgan fingerprint density at radius 2 is 1.93 bits per heavy atom. The molecule has 0 aliphatic heterocycles. The first-order chi connectivity index (χ1) is 6.43. The minimum absolute atomic E-state index is 0.0926. The average molecular weight is 196 g/mol. The third-order valence-corrected chi connectivity index (χ3v) is 3.37. The lowest BCUT2D eigenvalue weighted by atomic mass is 9.94. The summed E-state index contributed by atoms with van der Waals surface area (Å²) in [4.78, 5) is 0. The summed E-state index contributed by atoms with van der Waals surface area (Å²) < 4.78 is 26.9. The average Bonchev–Trinajstić information content (AvgIpc) is 2.32. The summed E-state index contributed by atoms with van der Waals surface area (Å²) in [6, 6.07) is 3.78. The standard InChI is InChI=1S/C12H14F2/c1-7-4-5-10-6-12(13,14)9(3)11(10)8(7)2/h4-5,9H,6H2,1-3H3. The summed E-state index contributed by atoms with van der Waals surface area (Å²) in [7, 11) is 0. The van der Waals surface area contributed by atoms with Crippen LogP contribution in [0, 0.1) is 13.8 Å². The van der Waals surface area contributed by atoms with E-state index >= 15 is 0 Å². The van der Waals surface area contributed by atoms with Gasteiger partial charge in [-0.25, -0.2) is 8.78 Å². The fraction of sp³-hybridized carbons (Fsp3) is 0.500. The van der Waals surface area contributed by atoms with Crippen LogP contribution in [0.1, 0.15) is 35.1 Å². The Labute approximate surface area is 82.9 Å². The molecule has 2 heteroatoms. The second-order valence-corrected chi connectivity index (χ2v) is 4.24. The van der Waals surface area contributed by atoms with Gasteiger partial charge < -0.3 is 0 Å². The topological polar surface area (TPSA) is 0 Å². The Bertz CT molecular complexity index is 380. The normalized spacial score (nSPS) is 23.6. The van der Waals surface area contributed by atoms with Crippen molar-refractivity contribution in [3.05, 3.63) is 34.4 Å². The molecule has 0 bridgehead atoms. The maximum absolute atomic E-state index is 13.4. The molecule has 1 aliphatic rings. The van der Waals surface area contributed by atoms with Crippen molar-refractivity contribution in [2.45, 2.75) is 39.0 Å². The predicted molar refractivity (Wildman–Crippen MR) is 53.0 cm³/mol. The molecule has 76 valence electrons. The number of alkyl halides is 2. The van der Waals surface area contributed by atoms with E-state index in [1.807, 2.05) is 26.0 Å². The molecule has 0 radical (unpaired) electrons. The van der Waals surface area contributed by atoms with Crippen LogP contribution in [0.5, 0.6) is 0 Å². The van der Waals surface area contributed by atoms with Gasteiger partial charge in [0.25, 0.3) is 5.92 Å². The van der Waals surface area contributed by atoms with Crippen molar-refractivity contribution < 1.29 is 8.78 Å². The molecule has 0 saturated carbocycles. The number of hydrogen-bond acceptors (Lipinski definition) is 0. The molecular formula is C12H14F2. The number of rotatable bonds is 0. The van der Waals surface area contributed by atoms with E-state index in [0.717, 1.165) is 22.3 Å². The van der Waals surface area contributed by atoms with Crippen molar-refractivity contribution in [1.82, 2.24) is 0 Å². The number of hydrogen-bond donors (Lipinski definition) is 0. The SMILES string of the molecule is Cc1ccc2c(c1C)C(C)C(F)(F)C2. The molecule has 0 spiro atoms. The van der Waals surface area contributed by atoms with Crippen molar-refractivity contribution >= 4 is 0 Å². The smallest absolute Gasteiger partial charge is 0.206 e. The van der Waals surface area contributed by atoms with Gasteiger partial charge in [0.2, 0.25) is 0 Å². The molecule has 0 aromatic heterocycles. The van der Waals surface area contributed by atoms with Crippen molar-refractivity contribution in [1.29, 1.82) is 0 Å². The van der Waals surface area contributed by atoms with Crippen LogP contribution in [0.3, 0.4) is 0 Å². The highest BCUT2D eigenvalue weighted by Gasteiger charge is 2.45. The van der Waals surface area contributed by atoms with Crippen LogP contribution in [-0.2, 0) is 6.42 Å². The van der Waals surface area contributed by atoms with Crippen LogP contribution in [-0.4, -0.2) is 5.92 Å². The van der Waals surface area contributed by atoms with Gasteiger partial charge in [-0.1, -0.05) is 19.1 Å². The Morgan fingerprint density at radius 1 is 1.29 bits per heavy atom. The molecule has 0 nitrogen and oxygen atoms in total. The molecule has 1 atom stereocenters. The third kappa shape index (κ3) is 1.17. The molecule has 1 aromatic rings. The predicted octanol–water partition coefficient (Wildman–Crippen LogP) is 3.60. The summed E-state index contributed by atoms with van der Waals surface area (Å²) in [6.45, 7) is 5.53. The first kappa shape index (κ1) is 9.63. The highest BCUT2D eigenvalue weighted by Crippen LogP contribution is 2.46. The maximum atomic E-state index is 13.4. The quantitative estimate of drug-likeness (QED) is 0.594. The van der Waals surface area contributed by atoms with Crippen molar-refractivity contribution in [3.8, 4) is 0 Å². The first-order valence-electron chi connectivity index (χ1n) is 4.90. The molecule has 0 N–H and O–H groups in total. The molecule has 1 aliphatic carbocycles. The number of fused-ring (bicyclic) bond motifs is 1. The van der Waals surface area contributed by atoms with E-state index in [1.54, 1.807) is 6.92 Å². The van der Waals surface area contributed by atoms with Gasteiger partial charge in [-0.2, -0.15) is 0 Å². The fourth-order valence-corrected chi connectivity index (χ4v) is 2.27. The zero-order chi connectivity index (χ0) is 10.5. The molecule has 14 heavy (non-hydrogen) atoms. The lowest BCUT2D eigenvalue weighted by molar-refractivity contribution is -0.00991. The Kier molecular flexibility index (Phi) is 1.91. The van der Waals surface area contributed by atoms with Gasteiger partial charge in [0.05, 0.1) is 0 Å². The van der Waals surface area contributed by atoms with Gasteiger partial charge in [-0.05, 0) is 36.1 Å². The van der Waals surface area contributed by atoms with Crippen LogP contribution in [0.2, 0.25) is 0 Å². The van der Waals surface area contributed by atoms with E-state index < -0.39 is 11.8 Å². The van der Waals surface area contributed by atoms with Gasteiger partial charge in [-0.15, -0.1) is 0 Å². The van der Waals surface area contributed by atoms with Crippen LogP contribution in [0.4, 0.5) is 8.78 Å². The minimum Gasteiger partial charge on any atom is -0.206 e. The second kappa shape index (κ2) is 2.78. The van der Waals surface area contributed by atoms with E-state index in [1.165, 1.54) is 0 Å². The highest BCUT2D eigenvalue weighted by molar-refractivity contribution is 5.46. The number of benzene rings is 1. The van der Waals surface area contributed by atoms with E-state index in [4.69, 9.17) is 0 Å². The summed E-state index contributed by atoms with van der Waals surface area (Å²) in [5.41, 5.74) is 3.83. The summed E-state index contributed by atoms with van der Waals surface area (Å²) >= 11 is 0.